The first kappa shape index (κ1) is 19.3. The van der Waals surface area contributed by atoms with E-state index >= 15 is 0 Å². The molecule has 4 radical (unpaired) electrons. The SMILES string of the molecule is [B]C([B])(Oc1cc(CNC)nn1CC1CCCC1)c1cc(Cl)ccc1F. The molecule has 1 aliphatic carbocycles. The number of nitrogens with zero attached hydrogens (tertiary/aromatic N) is 2. The number of halogens is 2. The second kappa shape index (κ2) is 8.05. The third kappa shape index (κ3) is 4.44. The second-order valence-corrected chi connectivity index (χ2v) is 7.29. The number of aromatic nitrogens is 2. The van der Waals surface area contributed by atoms with Crippen molar-refractivity contribution in [2.45, 2.75) is 44.2 Å². The van der Waals surface area contributed by atoms with Crippen LogP contribution in [0, 0.1) is 11.7 Å². The third-order valence-corrected chi connectivity index (χ3v) is 4.92. The maximum Gasteiger partial charge on any atom is 0.211 e. The average Bonchev–Trinajstić information content (AvgIpc) is 3.21. The molecule has 8 heteroatoms. The Morgan fingerprint density at radius 3 is 2.77 bits per heavy atom. The van der Waals surface area contributed by atoms with Crippen LogP contribution in [0.1, 0.15) is 36.9 Å². The van der Waals surface area contributed by atoms with E-state index in [-0.39, 0.29) is 5.56 Å². The molecule has 1 saturated carbocycles. The summed E-state index contributed by atoms with van der Waals surface area (Å²) in [5, 5.41) is 6.11. The Hall–Kier alpha value is -1.46. The van der Waals surface area contributed by atoms with E-state index in [9.17, 15) is 4.39 Å². The number of hydrogen-bond acceptors (Lipinski definition) is 3. The summed E-state index contributed by atoms with van der Waals surface area (Å²) < 4.78 is 21.8. The standard InChI is InChI=1S/C18H21B2ClFN3O/c1-23-10-14-9-17(25(24-14)11-12-4-2-3-5-12)26-18(19,20)15-8-13(21)6-7-16(15)22/h6-9,12,23H,2-5,10-11H2,1H3. The zero-order valence-electron chi connectivity index (χ0n) is 14.8. The molecule has 0 aliphatic heterocycles. The Morgan fingerprint density at radius 2 is 2.08 bits per heavy atom. The molecule has 134 valence electrons. The van der Waals surface area contributed by atoms with Crippen LogP contribution in [0.5, 0.6) is 5.88 Å². The fraction of sp³-hybridized carbons (Fsp3) is 0.500. The highest BCUT2D eigenvalue weighted by atomic mass is 35.5. The minimum atomic E-state index is -1.86. The Labute approximate surface area is 161 Å². The fourth-order valence-corrected chi connectivity index (χ4v) is 3.57. The van der Waals surface area contributed by atoms with Gasteiger partial charge in [0, 0.05) is 29.7 Å². The summed E-state index contributed by atoms with van der Waals surface area (Å²) >= 11 is 5.96. The Balaban J connectivity index is 1.87. The smallest absolute Gasteiger partial charge is 0.211 e. The van der Waals surface area contributed by atoms with Crippen molar-refractivity contribution in [3.63, 3.8) is 0 Å². The molecule has 1 heterocycles. The maximum absolute atomic E-state index is 14.2. The monoisotopic (exact) mass is 371 g/mol. The van der Waals surface area contributed by atoms with E-state index in [0.29, 0.717) is 23.4 Å². The molecule has 26 heavy (non-hydrogen) atoms. The quantitative estimate of drug-likeness (QED) is 0.760. The fourth-order valence-electron chi connectivity index (χ4n) is 3.39. The number of benzene rings is 1. The summed E-state index contributed by atoms with van der Waals surface area (Å²) in [4.78, 5) is 0. The highest BCUT2D eigenvalue weighted by molar-refractivity contribution is 6.39. The molecule has 1 aromatic heterocycles. The second-order valence-electron chi connectivity index (χ2n) is 6.86. The van der Waals surface area contributed by atoms with Crippen molar-refractivity contribution in [2.75, 3.05) is 7.05 Å². The van der Waals surface area contributed by atoms with Gasteiger partial charge in [0.2, 0.25) is 5.88 Å². The largest absolute Gasteiger partial charge is 0.487 e. The van der Waals surface area contributed by atoms with Crippen LogP contribution < -0.4 is 10.1 Å². The first-order chi connectivity index (χ1) is 12.4. The van der Waals surface area contributed by atoms with Crippen LogP contribution in [-0.4, -0.2) is 32.5 Å². The molecule has 2 aromatic rings. The molecule has 4 nitrogen and oxygen atoms in total. The lowest BCUT2D eigenvalue weighted by Gasteiger charge is -2.29. The molecule has 1 aromatic carbocycles. The lowest BCUT2D eigenvalue weighted by molar-refractivity contribution is 0.208. The average molecular weight is 371 g/mol. The first-order valence-corrected chi connectivity index (χ1v) is 9.20. The van der Waals surface area contributed by atoms with Gasteiger partial charge in [-0.25, -0.2) is 9.07 Å². The van der Waals surface area contributed by atoms with Gasteiger partial charge < -0.3 is 10.1 Å². The normalized spacial score (nSPS) is 15.5. The molecular weight excluding hydrogens is 350 g/mol. The Kier molecular flexibility index (Phi) is 5.98. The first-order valence-electron chi connectivity index (χ1n) is 8.82. The van der Waals surface area contributed by atoms with Crippen LogP contribution >= 0.6 is 11.6 Å². The number of hydrogen-bond donors (Lipinski definition) is 1. The van der Waals surface area contributed by atoms with Crippen molar-refractivity contribution in [1.29, 1.82) is 0 Å². The molecule has 0 saturated heterocycles. The van der Waals surface area contributed by atoms with E-state index in [1.54, 1.807) is 10.7 Å². The summed E-state index contributed by atoms with van der Waals surface area (Å²) in [7, 11) is 14.0. The van der Waals surface area contributed by atoms with Gasteiger partial charge in [-0.1, -0.05) is 24.4 Å². The summed E-state index contributed by atoms with van der Waals surface area (Å²) in [5.74, 6) is 0.399. The van der Waals surface area contributed by atoms with Gasteiger partial charge in [-0.2, -0.15) is 5.10 Å². The highest BCUT2D eigenvalue weighted by Gasteiger charge is 2.28. The van der Waals surface area contributed by atoms with Crippen molar-refractivity contribution in [2.24, 2.45) is 5.92 Å². The minimum Gasteiger partial charge on any atom is -0.487 e. The lowest BCUT2D eigenvalue weighted by Crippen LogP contribution is -2.36. The molecule has 0 spiro atoms. The third-order valence-electron chi connectivity index (χ3n) is 4.68. The zero-order valence-corrected chi connectivity index (χ0v) is 15.6. The van der Waals surface area contributed by atoms with E-state index in [2.05, 4.69) is 10.4 Å². The highest BCUT2D eigenvalue weighted by Crippen LogP contribution is 2.31. The van der Waals surface area contributed by atoms with Gasteiger partial charge in [0.1, 0.15) is 21.5 Å². The van der Waals surface area contributed by atoms with E-state index < -0.39 is 11.2 Å². The van der Waals surface area contributed by atoms with Crippen molar-refractivity contribution < 1.29 is 9.13 Å². The zero-order chi connectivity index (χ0) is 18.7. The van der Waals surface area contributed by atoms with Gasteiger partial charge in [-0.05, 0) is 44.0 Å². The van der Waals surface area contributed by atoms with E-state index in [1.807, 2.05) is 7.05 Å². The molecule has 0 atom stereocenters. The predicted octanol–water partition coefficient (Wildman–Crippen LogP) is 3.11. The van der Waals surface area contributed by atoms with Crippen molar-refractivity contribution in [1.82, 2.24) is 15.1 Å². The van der Waals surface area contributed by atoms with Crippen LogP contribution in [0.3, 0.4) is 0 Å². The minimum absolute atomic E-state index is 0.00576. The summed E-state index contributed by atoms with van der Waals surface area (Å²) in [5.41, 5.74) is 0.802. The Bertz CT molecular complexity index is 763. The summed E-state index contributed by atoms with van der Waals surface area (Å²) in [6.07, 6.45) is 4.80. The van der Waals surface area contributed by atoms with Crippen molar-refractivity contribution in [3.8, 4) is 5.88 Å². The van der Waals surface area contributed by atoms with Crippen molar-refractivity contribution >= 4 is 27.3 Å². The molecule has 3 rings (SSSR count). The van der Waals surface area contributed by atoms with Gasteiger partial charge >= 0.3 is 0 Å². The van der Waals surface area contributed by atoms with E-state index in [4.69, 9.17) is 32.0 Å². The van der Waals surface area contributed by atoms with Gasteiger partial charge in [-0.3, -0.25) is 0 Å². The molecule has 0 amide bonds. The topological polar surface area (TPSA) is 39.1 Å². The number of rotatable bonds is 7. The number of nitrogens with one attached hydrogen (secondary N) is 1. The van der Waals surface area contributed by atoms with E-state index in [0.717, 1.165) is 12.2 Å². The molecule has 1 fully saturated rings. The molecule has 1 aliphatic rings. The van der Waals surface area contributed by atoms with Crippen LogP contribution in [0.15, 0.2) is 24.3 Å². The predicted molar refractivity (Wildman–Crippen MR) is 102 cm³/mol. The summed E-state index contributed by atoms with van der Waals surface area (Å²) in [6, 6.07) is 5.81. The maximum atomic E-state index is 14.2. The molecule has 0 unspecified atom stereocenters. The molecular formula is C18H21B2ClFN3O. The van der Waals surface area contributed by atoms with Crippen LogP contribution in [0.2, 0.25) is 5.02 Å². The van der Waals surface area contributed by atoms with Crippen LogP contribution in [0.25, 0.3) is 0 Å². The van der Waals surface area contributed by atoms with Crippen LogP contribution in [0.4, 0.5) is 4.39 Å². The van der Waals surface area contributed by atoms with E-state index in [1.165, 1.54) is 43.9 Å². The van der Waals surface area contributed by atoms with Crippen molar-refractivity contribution in [3.05, 3.63) is 46.4 Å². The van der Waals surface area contributed by atoms with Gasteiger partial charge in [0.15, 0.2) is 0 Å². The molecule has 0 bridgehead atoms. The Morgan fingerprint density at radius 1 is 1.35 bits per heavy atom. The van der Waals surface area contributed by atoms with Gasteiger partial charge in [-0.15, -0.1) is 0 Å². The van der Waals surface area contributed by atoms with Gasteiger partial charge in [0.05, 0.1) is 11.1 Å². The summed E-state index contributed by atoms with van der Waals surface area (Å²) in [6.45, 7) is 1.31. The number of ether oxygens (including phenoxy) is 1. The molecule has 1 N–H and O–H groups in total. The van der Waals surface area contributed by atoms with Crippen LogP contribution in [-0.2, 0) is 18.5 Å². The lowest BCUT2D eigenvalue weighted by atomic mass is 9.61. The van der Waals surface area contributed by atoms with Gasteiger partial charge in [0.25, 0.3) is 0 Å².